The number of ether oxygens (including phenoxy) is 1. The quantitative estimate of drug-likeness (QED) is 0.917. The molecule has 1 aliphatic rings. The maximum atomic E-state index is 13.3. The van der Waals surface area contributed by atoms with Crippen LogP contribution in [0, 0.1) is 11.6 Å². The topological polar surface area (TPSA) is 58.6 Å². The number of hydrogen-bond acceptors (Lipinski definition) is 4. The van der Waals surface area contributed by atoms with Gasteiger partial charge in [0.05, 0.1) is 29.5 Å². The molecule has 3 rings (SSSR count). The highest BCUT2D eigenvalue weighted by Crippen LogP contribution is 2.28. The number of rotatable bonds is 4. The van der Waals surface area contributed by atoms with E-state index in [4.69, 9.17) is 4.74 Å². The first-order chi connectivity index (χ1) is 11.5. The third kappa shape index (κ3) is 3.49. The Morgan fingerprint density at radius 3 is 2.42 bits per heavy atom. The van der Waals surface area contributed by atoms with Crippen molar-refractivity contribution in [2.75, 3.05) is 35.9 Å². The number of halogens is 2. The van der Waals surface area contributed by atoms with Crippen LogP contribution in [0.3, 0.4) is 0 Å². The summed E-state index contributed by atoms with van der Waals surface area (Å²) < 4.78 is 59.0. The Hall–Kier alpha value is -2.19. The van der Waals surface area contributed by atoms with Crippen molar-refractivity contribution in [3.05, 3.63) is 54.1 Å². The average molecular weight is 354 g/mol. The lowest BCUT2D eigenvalue weighted by molar-refractivity contribution is 0.123. The molecule has 1 aliphatic heterocycles. The zero-order valence-corrected chi connectivity index (χ0v) is 13.5. The molecule has 0 aromatic heterocycles. The van der Waals surface area contributed by atoms with Gasteiger partial charge in [0.1, 0.15) is 0 Å². The lowest BCUT2D eigenvalue weighted by atomic mass is 10.2. The van der Waals surface area contributed by atoms with Gasteiger partial charge in [0.2, 0.25) is 0 Å². The molecule has 0 spiro atoms. The van der Waals surface area contributed by atoms with Crippen LogP contribution in [0.1, 0.15) is 0 Å². The fourth-order valence-electron chi connectivity index (χ4n) is 2.49. The highest BCUT2D eigenvalue weighted by Gasteiger charge is 2.20. The zero-order valence-electron chi connectivity index (χ0n) is 12.7. The highest BCUT2D eigenvalue weighted by molar-refractivity contribution is 7.92. The van der Waals surface area contributed by atoms with Crippen LogP contribution in [-0.2, 0) is 14.8 Å². The van der Waals surface area contributed by atoms with Gasteiger partial charge < -0.3 is 9.64 Å². The minimum absolute atomic E-state index is 0.335. The Morgan fingerprint density at radius 1 is 1.00 bits per heavy atom. The molecule has 0 unspecified atom stereocenters. The van der Waals surface area contributed by atoms with Crippen LogP contribution < -0.4 is 9.62 Å². The molecule has 0 bridgehead atoms. The maximum Gasteiger partial charge on any atom is 0.262 e. The SMILES string of the molecule is O=S(=O)(Nc1ccccc1N1CCOCC1)c1ccc(F)c(F)c1. The predicted molar refractivity (Wildman–Crippen MR) is 86.6 cm³/mol. The molecule has 0 aliphatic carbocycles. The van der Waals surface area contributed by atoms with E-state index >= 15 is 0 Å². The zero-order chi connectivity index (χ0) is 17.2. The summed E-state index contributed by atoms with van der Waals surface area (Å²) in [5.74, 6) is -2.30. The molecule has 1 N–H and O–H groups in total. The van der Waals surface area contributed by atoms with Gasteiger partial charge in [-0.2, -0.15) is 0 Å². The summed E-state index contributed by atoms with van der Waals surface area (Å²) in [6.07, 6.45) is 0. The number of benzene rings is 2. The van der Waals surface area contributed by atoms with Crippen molar-refractivity contribution >= 4 is 21.4 Å². The summed E-state index contributed by atoms with van der Waals surface area (Å²) >= 11 is 0. The number of morpholine rings is 1. The van der Waals surface area contributed by atoms with E-state index in [0.717, 1.165) is 12.1 Å². The van der Waals surface area contributed by atoms with Gasteiger partial charge in [-0.3, -0.25) is 4.72 Å². The Balaban J connectivity index is 1.91. The van der Waals surface area contributed by atoms with Gasteiger partial charge in [-0.1, -0.05) is 12.1 Å². The summed E-state index contributed by atoms with van der Waals surface area (Å²) in [6, 6.07) is 9.41. The third-order valence-corrected chi connectivity index (χ3v) is 5.06. The van der Waals surface area contributed by atoms with Crippen molar-refractivity contribution in [1.82, 2.24) is 0 Å². The van der Waals surface area contributed by atoms with Gasteiger partial charge >= 0.3 is 0 Å². The Morgan fingerprint density at radius 2 is 1.71 bits per heavy atom. The molecule has 1 heterocycles. The molecule has 0 saturated carbocycles. The first kappa shape index (κ1) is 16.7. The van der Waals surface area contributed by atoms with Gasteiger partial charge in [0, 0.05) is 13.1 Å². The normalized spacial score (nSPS) is 15.3. The van der Waals surface area contributed by atoms with Crippen LogP contribution in [0.4, 0.5) is 20.2 Å². The second-order valence-corrected chi connectivity index (χ2v) is 6.98. The number of hydrogen-bond donors (Lipinski definition) is 1. The van der Waals surface area contributed by atoms with E-state index in [0.29, 0.717) is 43.7 Å². The minimum atomic E-state index is -4.03. The molecule has 8 heteroatoms. The van der Waals surface area contributed by atoms with Gasteiger partial charge in [-0.15, -0.1) is 0 Å². The summed E-state index contributed by atoms with van der Waals surface area (Å²) in [4.78, 5) is 1.67. The highest BCUT2D eigenvalue weighted by atomic mass is 32.2. The van der Waals surface area contributed by atoms with Crippen molar-refractivity contribution in [2.24, 2.45) is 0 Å². The molecule has 0 atom stereocenters. The Labute approximate surface area is 138 Å². The van der Waals surface area contributed by atoms with Crippen LogP contribution >= 0.6 is 0 Å². The first-order valence-corrected chi connectivity index (χ1v) is 8.85. The van der Waals surface area contributed by atoms with Crippen LogP contribution in [0.5, 0.6) is 0 Å². The predicted octanol–water partition coefficient (Wildman–Crippen LogP) is 2.60. The minimum Gasteiger partial charge on any atom is -0.378 e. The fourth-order valence-corrected chi connectivity index (χ4v) is 3.57. The van der Waals surface area contributed by atoms with Gasteiger partial charge in [0.15, 0.2) is 11.6 Å². The van der Waals surface area contributed by atoms with E-state index in [1.807, 2.05) is 4.90 Å². The van der Waals surface area contributed by atoms with E-state index < -0.39 is 21.7 Å². The summed E-state index contributed by atoms with van der Waals surface area (Å²) in [5.41, 5.74) is 1.09. The number of anilines is 2. The van der Waals surface area contributed by atoms with Crippen LogP contribution in [-0.4, -0.2) is 34.7 Å². The second kappa shape index (κ2) is 6.74. The summed E-state index contributed by atoms with van der Waals surface area (Å²) in [7, 11) is -4.03. The standard InChI is InChI=1S/C16H16F2N2O3S/c17-13-6-5-12(11-14(13)18)24(21,22)19-15-3-1-2-4-16(15)20-7-9-23-10-8-20/h1-6,11,19H,7-10H2. The number of nitrogens with zero attached hydrogens (tertiary/aromatic N) is 1. The van der Waals surface area contributed by atoms with Crippen molar-refractivity contribution < 1.29 is 21.9 Å². The Bertz CT molecular complexity index is 837. The van der Waals surface area contributed by atoms with E-state index in [2.05, 4.69) is 4.72 Å². The van der Waals surface area contributed by atoms with E-state index in [9.17, 15) is 17.2 Å². The lowest BCUT2D eigenvalue weighted by Gasteiger charge is -2.30. The Kier molecular flexibility index (Phi) is 4.68. The molecule has 5 nitrogen and oxygen atoms in total. The largest absolute Gasteiger partial charge is 0.378 e. The van der Waals surface area contributed by atoms with E-state index in [-0.39, 0.29) is 4.90 Å². The van der Waals surface area contributed by atoms with Crippen molar-refractivity contribution in [2.45, 2.75) is 4.90 Å². The number of nitrogens with one attached hydrogen (secondary N) is 1. The smallest absolute Gasteiger partial charge is 0.262 e. The molecule has 0 radical (unpaired) electrons. The molecule has 24 heavy (non-hydrogen) atoms. The van der Waals surface area contributed by atoms with E-state index in [1.54, 1.807) is 24.3 Å². The molecule has 0 amide bonds. The third-order valence-electron chi connectivity index (χ3n) is 3.70. The molecule has 2 aromatic carbocycles. The number of sulfonamides is 1. The monoisotopic (exact) mass is 354 g/mol. The molecule has 1 fully saturated rings. The summed E-state index contributed by atoms with van der Waals surface area (Å²) in [6.45, 7) is 2.41. The fraction of sp³-hybridized carbons (Fsp3) is 0.250. The van der Waals surface area contributed by atoms with Gasteiger partial charge in [-0.25, -0.2) is 17.2 Å². The van der Waals surface area contributed by atoms with Crippen LogP contribution in [0.15, 0.2) is 47.4 Å². The molecule has 2 aromatic rings. The van der Waals surface area contributed by atoms with Crippen molar-refractivity contribution in [1.29, 1.82) is 0 Å². The molecule has 128 valence electrons. The maximum absolute atomic E-state index is 13.3. The van der Waals surface area contributed by atoms with Crippen LogP contribution in [0.25, 0.3) is 0 Å². The van der Waals surface area contributed by atoms with Gasteiger partial charge in [0.25, 0.3) is 10.0 Å². The summed E-state index contributed by atoms with van der Waals surface area (Å²) in [5, 5.41) is 0. The molecular formula is C16H16F2N2O3S. The van der Waals surface area contributed by atoms with Gasteiger partial charge in [-0.05, 0) is 30.3 Å². The number of para-hydroxylation sites is 2. The second-order valence-electron chi connectivity index (χ2n) is 5.30. The van der Waals surface area contributed by atoms with E-state index in [1.165, 1.54) is 0 Å². The van der Waals surface area contributed by atoms with Crippen LogP contribution in [0.2, 0.25) is 0 Å². The molecule has 1 saturated heterocycles. The van der Waals surface area contributed by atoms with Crippen molar-refractivity contribution in [3.8, 4) is 0 Å². The first-order valence-electron chi connectivity index (χ1n) is 7.37. The molecular weight excluding hydrogens is 338 g/mol. The average Bonchev–Trinajstić information content (AvgIpc) is 2.58. The lowest BCUT2D eigenvalue weighted by Crippen LogP contribution is -2.36. The van der Waals surface area contributed by atoms with Crippen molar-refractivity contribution in [3.63, 3.8) is 0 Å².